The average molecular weight is 425 g/mol. The number of nitrogens with one attached hydrogen (secondary N) is 2. The van der Waals surface area contributed by atoms with Gasteiger partial charge in [-0.05, 0) is 24.1 Å². The van der Waals surface area contributed by atoms with E-state index in [1.54, 1.807) is 7.11 Å². The number of rotatable bonds is 10. The number of hydrogen-bond acceptors (Lipinski definition) is 8. The molecule has 0 bridgehead atoms. The molecule has 0 fully saturated rings. The van der Waals surface area contributed by atoms with Gasteiger partial charge in [-0.2, -0.15) is 15.0 Å². The lowest BCUT2D eigenvalue weighted by Crippen LogP contribution is -2.27. The van der Waals surface area contributed by atoms with Crippen molar-refractivity contribution in [3.05, 3.63) is 66.0 Å². The Kier molecular flexibility index (Phi) is 7.85. The average Bonchev–Trinajstić information content (AvgIpc) is 2.74. The van der Waals surface area contributed by atoms with Crippen LogP contribution < -0.4 is 21.1 Å². The van der Waals surface area contributed by atoms with E-state index in [1.807, 2.05) is 54.6 Å². The van der Waals surface area contributed by atoms with Crippen LogP contribution in [0.4, 0.5) is 17.6 Å². The Balaban J connectivity index is 1.47. The minimum absolute atomic E-state index is 0.0228. The molecule has 0 radical (unpaired) electrons. The minimum atomic E-state index is -0.0228. The minimum Gasteiger partial charge on any atom is -0.495 e. The second-order valence-electron chi connectivity index (χ2n) is 6.34. The molecule has 0 unspecified atom stereocenters. The van der Waals surface area contributed by atoms with Crippen molar-refractivity contribution in [2.24, 2.45) is 0 Å². The van der Waals surface area contributed by atoms with Gasteiger partial charge in [-0.1, -0.05) is 42.5 Å². The van der Waals surface area contributed by atoms with Gasteiger partial charge >= 0.3 is 0 Å². The van der Waals surface area contributed by atoms with Crippen molar-refractivity contribution < 1.29 is 9.53 Å². The van der Waals surface area contributed by atoms with Crippen molar-refractivity contribution in [2.45, 2.75) is 12.2 Å². The SMILES string of the molecule is COc1ccccc1Nc1nc(N)nc(CSCC(=O)NCCc2ccccc2)n1. The Morgan fingerprint density at radius 2 is 1.83 bits per heavy atom. The number of thioether (sulfide) groups is 1. The first-order valence-corrected chi connectivity index (χ1v) is 10.6. The van der Waals surface area contributed by atoms with Crippen LogP contribution in [0.2, 0.25) is 0 Å². The molecular formula is C21H24N6O2S. The molecule has 3 aromatic rings. The summed E-state index contributed by atoms with van der Waals surface area (Å²) in [4.78, 5) is 24.7. The van der Waals surface area contributed by atoms with Crippen molar-refractivity contribution in [2.75, 3.05) is 30.5 Å². The van der Waals surface area contributed by atoms with Crippen molar-refractivity contribution in [3.63, 3.8) is 0 Å². The van der Waals surface area contributed by atoms with Gasteiger partial charge in [0.05, 0.1) is 24.3 Å². The van der Waals surface area contributed by atoms with E-state index in [9.17, 15) is 4.79 Å². The highest BCUT2D eigenvalue weighted by atomic mass is 32.2. The molecule has 30 heavy (non-hydrogen) atoms. The van der Waals surface area contributed by atoms with Gasteiger partial charge < -0.3 is 21.1 Å². The second-order valence-corrected chi connectivity index (χ2v) is 7.32. The molecule has 0 spiro atoms. The van der Waals surface area contributed by atoms with Gasteiger partial charge in [0, 0.05) is 6.54 Å². The number of nitrogens with two attached hydrogens (primary N) is 1. The van der Waals surface area contributed by atoms with Gasteiger partial charge in [0.2, 0.25) is 17.8 Å². The molecule has 0 aliphatic rings. The summed E-state index contributed by atoms with van der Waals surface area (Å²) in [7, 11) is 1.59. The highest BCUT2D eigenvalue weighted by Crippen LogP contribution is 2.25. The number of carbonyl (C=O) groups excluding carboxylic acids is 1. The Morgan fingerprint density at radius 3 is 2.63 bits per heavy atom. The first kappa shape index (κ1) is 21.4. The van der Waals surface area contributed by atoms with Gasteiger partial charge in [-0.3, -0.25) is 4.79 Å². The monoisotopic (exact) mass is 424 g/mol. The summed E-state index contributed by atoms with van der Waals surface area (Å²) in [6.07, 6.45) is 0.805. The fourth-order valence-electron chi connectivity index (χ4n) is 2.70. The number of methoxy groups -OCH3 is 1. The lowest BCUT2D eigenvalue weighted by molar-refractivity contribution is -0.118. The van der Waals surface area contributed by atoms with Crippen molar-refractivity contribution >= 4 is 35.3 Å². The van der Waals surface area contributed by atoms with Crippen LogP contribution in [0.5, 0.6) is 5.75 Å². The standard InChI is InChI=1S/C21H24N6O2S/c1-29-17-10-6-5-9-16(17)24-21-26-18(25-20(22)27-21)13-30-14-19(28)23-12-11-15-7-3-2-4-8-15/h2-10H,11-14H2,1H3,(H,23,28)(H3,22,24,25,26,27). The van der Waals surface area contributed by atoms with Crippen LogP contribution in [0, 0.1) is 0 Å². The molecular weight excluding hydrogens is 400 g/mol. The predicted octanol–water partition coefficient (Wildman–Crippen LogP) is 2.80. The smallest absolute Gasteiger partial charge is 0.232 e. The Morgan fingerprint density at radius 1 is 1.07 bits per heavy atom. The molecule has 4 N–H and O–H groups in total. The lowest BCUT2D eigenvalue weighted by atomic mass is 10.1. The molecule has 156 valence electrons. The van der Waals surface area contributed by atoms with Crippen LogP contribution in [0.15, 0.2) is 54.6 Å². The van der Waals surface area contributed by atoms with Crippen LogP contribution >= 0.6 is 11.8 Å². The third kappa shape index (κ3) is 6.63. The van der Waals surface area contributed by atoms with Crippen molar-refractivity contribution in [3.8, 4) is 5.75 Å². The highest BCUT2D eigenvalue weighted by Gasteiger charge is 2.09. The highest BCUT2D eigenvalue weighted by molar-refractivity contribution is 7.99. The fourth-order valence-corrected chi connectivity index (χ4v) is 3.40. The maximum absolute atomic E-state index is 12.0. The van der Waals surface area contributed by atoms with E-state index in [0.29, 0.717) is 35.6 Å². The number of benzene rings is 2. The normalized spacial score (nSPS) is 10.4. The molecule has 9 heteroatoms. The van der Waals surface area contributed by atoms with Gasteiger partial charge in [-0.25, -0.2) is 0 Å². The van der Waals surface area contributed by atoms with Crippen LogP contribution in [0.1, 0.15) is 11.4 Å². The van der Waals surface area contributed by atoms with E-state index in [-0.39, 0.29) is 11.9 Å². The molecule has 0 saturated carbocycles. The zero-order valence-corrected chi connectivity index (χ0v) is 17.5. The van der Waals surface area contributed by atoms with E-state index in [4.69, 9.17) is 10.5 Å². The number of amides is 1. The Bertz CT molecular complexity index is 971. The number of aromatic nitrogens is 3. The third-order valence-electron chi connectivity index (χ3n) is 4.10. The summed E-state index contributed by atoms with van der Waals surface area (Å²) in [5.74, 6) is 2.35. The van der Waals surface area contributed by atoms with Gasteiger partial charge in [0.15, 0.2) is 0 Å². The summed E-state index contributed by atoms with van der Waals surface area (Å²) in [5, 5.41) is 6.01. The van der Waals surface area contributed by atoms with E-state index < -0.39 is 0 Å². The summed E-state index contributed by atoms with van der Waals surface area (Å²) in [6.45, 7) is 0.606. The number of hydrogen-bond donors (Lipinski definition) is 3. The number of nitrogen functional groups attached to an aromatic ring is 1. The molecule has 0 aliphatic heterocycles. The Labute approximate surface area is 179 Å². The number of carbonyl (C=O) groups is 1. The molecule has 1 heterocycles. The lowest BCUT2D eigenvalue weighted by Gasteiger charge is -2.10. The van der Waals surface area contributed by atoms with Crippen LogP contribution in [-0.2, 0) is 17.0 Å². The molecule has 0 aliphatic carbocycles. The van der Waals surface area contributed by atoms with Crippen molar-refractivity contribution in [1.82, 2.24) is 20.3 Å². The topological polar surface area (TPSA) is 115 Å². The van der Waals surface area contributed by atoms with E-state index in [2.05, 4.69) is 25.6 Å². The number of anilines is 3. The van der Waals surface area contributed by atoms with Crippen LogP contribution in [0.25, 0.3) is 0 Å². The van der Waals surface area contributed by atoms with E-state index in [0.717, 1.165) is 12.1 Å². The summed E-state index contributed by atoms with van der Waals surface area (Å²) in [6, 6.07) is 17.5. The number of para-hydroxylation sites is 2. The molecule has 1 amide bonds. The summed E-state index contributed by atoms with van der Waals surface area (Å²) in [5.41, 5.74) is 7.73. The van der Waals surface area contributed by atoms with Crippen LogP contribution in [-0.4, -0.2) is 40.3 Å². The molecule has 2 aromatic carbocycles. The molecule has 3 rings (SSSR count). The van der Waals surface area contributed by atoms with Gasteiger partial charge in [0.25, 0.3) is 0 Å². The maximum atomic E-state index is 12.0. The third-order valence-corrected chi connectivity index (χ3v) is 5.02. The second kappa shape index (κ2) is 11.0. The predicted molar refractivity (Wildman–Crippen MR) is 120 cm³/mol. The van der Waals surface area contributed by atoms with E-state index >= 15 is 0 Å². The van der Waals surface area contributed by atoms with Crippen molar-refractivity contribution in [1.29, 1.82) is 0 Å². The number of nitrogens with zero attached hydrogens (tertiary/aromatic N) is 3. The maximum Gasteiger partial charge on any atom is 0.232 e. The fraction of sp³-hybridized carbons (Fsp3) is 0.238. The first-order chi connectivity index (χ1) is 14.6. The van der Waals surface area contributed by atoms with E-state index in [1.165, 1.54) is 17.3 Å². The molecule has 0 saturated heterocycles. The zero-order valence-electron chi connectivity index (χ0n) is 16.7. The quantitative estimate of drug-likeness (QED) is 0.455. The summed E-state index contributed by atoms with van der Waals surface area (Å²) >= 11 is 1.42. The Hall–Kier alpha value is -3.33. The largest absolute Gasteiger partial charge is 0.495 e. The zero-order chi connectivity index (χ0) is 21.2. The molecule has 8 nitrogen and oxygen atoms in total. The van der Waals surface area contributed by atoms with Gasteiger partial charge in [0.1, 0.15) is 11.6 Å². The van der Waals surface area contributed by atoms with Crippen LogP contribution in [0.3, 0.4) is 0 Å². The summed E-state index contributed by atoms with van der Waals surface area (Å²) < 4.78 is 5.32. The first-order valence-electron chi connectivity index (χ1n) is 9.43. The van der Waals surface area contributed by atoms with Gasteiger partial charge in [-0.15, -0.1) is 11.8 Å². The molecule has 1 aromatic heterocycles. The molecule has 0 atom stereocenters. The number of ether oxygens (including phenoxy) is 1.